The molecule has 1 amide bonds. The Morgan fingerprint density at radius 1 is 0.717 bits per heavy atom. The average molecular weight is 673 g/mol. The average Bonchev–Trinajstić information content (AvgIpc) is 3.04. The molecule has 0 aromatic heterocycles. The number of amides is 1. The summed E-state index contributed by atoms with van der Waals surface area (Å²) < 4.78 is 22.0. The zero-order valence-corrected chi connectivity index (χ0v) is 30.7. The van der Waals surface area contributed by atoms with E-state index in [4.69, 9.17) is 14.8 Å². The van der Waals surface area contributed by atoms with E-state index in [0.29, 0.717) is 12.8 Å². The van der Waals surface area contributed by atoms with E-state index < -0.39 is 20.0 Å². The second-order valence-electron chi connectivity index (χ2n) is 12.8. The molecule has 5 N–H and O–H groups in total. The molecule has 0 saturated heterocycles. The summed E-state index contributed by atoms with van der Waals surface area (Å²) in [6, 6.07) is -0.774. The van der Waals surface area contributed by atoms with Gasteiger partial charge in [-0.25, -0.2) is 4.57 Å². The first-order valence-electron chi connectivity index (χ1n) is 19.0. The third kappa shape index (κ3) is 31.6. The van der Waals surface area contributed by atoms with Gasteiger partial charge in [0.25, 0.3) is 0 Å². The molecule has 0 heterocycles. The molecule has 0 bridgehead atoms. The maximum Gasteiger partial charge on any atom is 0.472 e. The van der Waals surface area contributed by atoms with Crippen molar-refractivity contribution < 1.29 is 28.4 Å². The Morgan fingerprint density at radius 2 is 1.20 bits per heavy atom. The van der Waals surface area contributed by atoms with E-state index in [2.05, 4.69) is 43.5 Å². The van der Waals surface area contributed by atoms with Gasteiger partial charge in [-0.1, -0.05) is 147 Å². The standard InChI is InChI=1S/C37H73N2O6P/c1-3-5-7-9-11-13-14-15-16-17-18-19-20-21-23-25-27-29-31-37(41)39-35(34-45-46(42,43)44-33-32-38)36(40)30-28-26-24-22-12-10-8-6-4-2/h13-14,16-17,35-36,40H,3-12,15,18-34,38H2,1-2H3,(H,39,41)(H,42,43)/b14-13-,17-16-. The van der Waals surface area contributed by atoms with Crippen LogP contribution in [0.1, 0.15) is 174 Å². The van der Waals surface area contributed by atoms with Crippen LogP contribution in [0.3, 0.4) is 0 Å². The van der Waals surface area contributed by atoms with Crippen molar-refractivity contribution in [1.29, 1.82) is 0 Å². The van der Waals surface area contributed by atoms with Crippen LogP contribution in [0.25, 0.3) is 0 Å². The fraction of sp³-hybridized carbons (Fsp3) is 0.865. The molecule has 0 spiro atoms. The lowest BCUT2D eigenvalue weighted by Crippen LogP contribution is -2.46. The number of nitrogens with one attached hydrogen (secondary N) is 1. The van der Waals surface area contributed by atoms with Crippen molar-refractivity contribution in [2.24, 2.45) is 5.73 Å². The summed E-state index contributed by atoms with van der Waals surface area (Å²) in [4.78, 5) is 22.6. The second kappa shape index (κ2) is 33.9. The molecule has 0 rings (SSSR count). The van der Waals surface area contributed by atoms with Gasteiger partial charge in [0.2, 0.25) is 5.91 Å². The van der Waals surface area contributed by atoms with Crippen LogP contribution in [0.5, 0.6) is 0 Å². The first-order chi connectivity index (χ1) is 22.4. The topological polar surface area (TPSA) is 131 Å². The van der Waals surface area contributed by atoms with Crippen molar-refractivity contribution in [2.45, 2.75) is 187 Å². The molecule has 0 aromatic rings. The van der Waals surface area contributed by atoms with Gasteiger partial charge in [-0.3, -0.25) is 13.8 Å². The number of carbonyl (C=O) groups excluding carboxylic acids is 1. The van der Waals surface area contributed by atoms with Crippen LogP contribution >= 0.6 is 7.82 Å². The van der Waals surface area contributed by atoms with Gasteiger partial charge in [0.05, 0.1) is 25.4 Å². The minimum Gasteiger partial charge on any atom is -0.391 e. The van der Waals surface area contributed by atoms with Crippen molar-refractivity contribution in [2.75, 3.05) is 19.8 Å². The van der Waals surface area contributed by atoms with Crippen LogP contribution in [-0.2, 0) is 18.4 Å². The van der Waals surface area contributed by atoms with Gasteiger partial charge in [0.15, 0.2) is 0 Å². The molecule has 0 aliphatic rings. The van der Waals surface area contributed by atoms with E-state index in [9.17, 15) is 19.4 Å². The fourth-order valence-electron chi connectivity index (χ4n) is 5.40. The minimum atomic E-state index is -4.30. The summed E-state index contributed by atoms with van der Waals surface area (Å²) in [5.74, 6) is -0.173. The van der Waals surface area contributed by atoms with Gasteiger partial charge in [-0.2, -0.15) is 0 Å². The van der Waals surface area contributed by atoms with Gasteiger partial charge < -0.3 is 21.1 Å². The van der Waals surface area contributed by atoms with E-state index >= 15 is 0 Å². The maximum atomic E-state index is 12.7. The van der Waals surface area contributed by atoms with Crippen molar-refractivity contribution in [3.05, 3.63) is 24.3 Å². The number of unbranched alkanes of at least 4 members (excludes halogenated alkanes) is 19. The minimum absolute atomic E-state index is 0.0874. The highest BCUT2D eigenvalue weighted by Crippen LogP contribution is 2.43. The number of aliphatic hydroxyl groups excluding tert-OH is 1. The van der Waals surface area contributed by atoms with E-state index in [1.807, 2.05) is 0 Å². The van der Waals surface area contributed by atoms with E-state index in [0.717, 1.165) is 51.4 Å². The number of allylic oxidation sites excluding steroid dienone is 4. The predicted octanol–water partition coefficient (Wildman–Crippen LogP) is 9.83. The largest absolute Gasteiger partial charge is 0.472 e. The molecule has 0 aliphatic heterocycles. The molecule has 8 nitrogen and oxygen atoms in total. The van der Waals surface area contributed by atoms with E-state index in [1.165, 1.54) is 96.3 Å². The van der Waals surface area contributed by atoms with Crippen molar-refractivity contribution in [1.82, 2.24) is 5.32 Å². The van der Waals surface area contributed by atoms with E-state index in [-0.39, 0.29) is 25.7 Å². The highest BCUT2D eigenvalue weighted by Gasteiger charge is 2.27. The summed E-state index contributed by atoms with van der Waals surface area (Å²) in [5, 5.41) is 13.7. The Hall–Kier alpha value is -1.02. The van der Waals surface area contributed by atoms with Crippen LogP contribution in [0.15, 0.2) is 24.3 Å². The summed E-state index contributed by atoms with van der Waals surface area (Å²) in [5.41, 5.74) is 5.35. The lowest BCUT2D eigenvalue weighted by molar-refractivity contribution is -0.123. The predicted molar refractivity (Wildman–Crippen MR) is 194 cm³/mol. The normalized spacial score (nSPS) is 14.6. The van der Waals surface area contributed by atoms with Crippen molar-refractivity contribution in [3.8, 4) is 0 Å². The zero-order valence-electron chi connectivity index (χ0n) is 29.8. The molecule has 0 aromatic carbocycles. The quantitative estimate of drug-likeness (QED) is 0.0299. The first kappa shape index (κ1) is 45.0. The summed E-state index contributed by atoms with van der Waals surface area (Å²) >= 11 is 0. The molecule has 0 fully saturated rings. The molecule has 0 radical (unpaired) electrons. The molecule has 3 atom stereocenters. The Bertz CT molecular complexity index is 779. The number of hydrogen-bond donors (Lipinski definition) is 4. The SMILES string of the molecule is CCCCCC/C=C\C/C=C\CCCCCCCCCC(=O)NC(COP(=O)(O)OCCN)C(O)CCCCCCCCCCC. The highest BCUT2D eigenvalue weighted by atomic mass is 31.2. The third-order valence-electron chi connectivity index (χ3n) is 8.31. The number of phosphoric acid groups is 1. The molecule has 272 valence electrons. The third-order valence-corrected chi connectivity index (χ3v) is 9.29. The van der Waals surface area contributed by atoms with Gasteiger partial charge >= 0.3 is 7.82 Å². The van der Waals surface area contributed by atoms with E-state index in [1.54, 1.807) is 0 Å². The number of rotatable bonds is 35. The summed E-state index contributed by atoms with van der Waals surface area (Å²) in [7, 11) is -4.30. The molecular weight excluding hydrogens is 599 g/mol. The van der Waals surface area contributed by atoms with Gasteiger partial charge in [-0.15, -0.1) is 0 Å². The number of nitrogens with two attached hydrogens (primary N) is 1. The summed E-state index contributed by atoms with van der Waals surface area (Å²) in [6.45, 7) is 4.15. The first-order valence-corrected chi connectivity index (χ1v) is 20.4. The van der Waals surface area contributed by atoms with Crippen LogP contribution in [-0.4, -0.2) is 47.8 Å². The Balaban J connectivity index is 4.19. The maximum absolute atomic E-state index is 12.7. The Morgan fingerprint density at radius 3 is 1.74 bits per heavy atom. The molecule has 0 aliphatic carbocycles. The zero-order chi connectivity index (χ0) is 34.0. The van der Waals surface area contributed by atoms with Crippen LogP contribution < -0.4 is 11.1 Å². The second-order valence-corrected chi connectivity index (χ2v) is 14.2. The van der Waals surface area contributed by atoms with Gasteiger partial charge in [0.1, 0.15) is 0 Å². The van der Waals surface area contributed by atoms with Crippen molar-refractivity contribution in [3.63, 3.8) is 0 Å². The molecular formula is C37H73N2O6P. The Kier molecular flexibility index (Phi) is 33.1. The Labute approximate surface area is 283 Å². The van der Waals surface area contributed by atoms with Crippen LogP contribution in [0.4, 0.5) is 0 Å². The van der Waals surface area contributed by atoms with Crippen LogP contribution in [0, 0.1) is 0 Å². The number of aliphatic hydroxyl groups is 1. The molecule has 46 heavy (non-hydrogen) atoms. The van der Waals surface area contributed by atoms with Gasteiger partial charge in [0, 0.05) is 13.0 Å². The molecule has 0 saturated carbocycles. The monoisotopic (exact) mass is 673 g/mol. The van der Waals surface area contributed by atoms with Crippen LogP contribution in [0.2, 0.25) is 0 Å². The number of carbonyl (C=O) groups is 1. The lowest BCUT2D eigenvalue weighted by Gasteiger charge is -2.25. The molecule has 3 unspecified atom stereocenters. The van der Waals surface area contributed by atoms with Crippen molar-refractivity contribution >= 4 is 13.7 Å². The van der Waals surface area contributed by atoms with Gasteiger partial charge in [-0.05, 0) is 44.9 Å². The summed E-state index contributed by atoms with van der Waals surface area (Å²) in [6.07, 6.45) is 36.1. The number of hydrogen-bond acceptors (Lipinski definition) is 6. The number of phosphoric ester groups is 1. The molecule has 9 heteroatoms. The lowest BCUT2D eigenvalue weighted by atomic mass is 10.0. The fourth-order valence-corrected chi connectivity index (χ4v) is 6.16. The smallest absolute Gasteiger partial charge is 0.391 e. The highest BCUT2D eigenvalue weighted by molar-refractivity contribution is 7.47.